The van der Waals surface area contributed by atoms with E-state index in [1.807, 2.05) is 24.3 Å². The average Bonchev–Trinajstić information content (AvgIpc) is 3.23. The summed E-state index contributed by atoms with van der Waals surface area (Å²) in [4.78, 5) is 6.74. The second kappa shape index (κ2) is 9.55. The smallest absolute Gasteiger partial charge is 0.169 e. The molecule has 0 saturated carbocycles. The number of para-hydroxylation sites is 1. The Morgan fingerprint density at radius 2 is 1.67 bits per heavy atom. The van der Waals surface area contributed by atoms with Gasteiger partial charge in [0.1, 0.15) is 11.6 Å². The molecule has 0 aliphatic carbocycles. The van der Waals surface area contributed by atoms with Gasteiger partial charge in [-0.05, 0) is 48.7 Å². The zero-order valence-corrected chi connectivity index (χ0v) is 20.3. The summed E-state index contributed by atoms with van der Waals surface area (Å²) in [7, 11) is 0. The van der Waals surface area contributed by atoms with Gasteiger partial charge in [0.2, 0.25) is 0 Å². The first-order valence-electron chi connectivity index (χ1n) is 12.7. The largest absolute Gasteiger partial charge is 0.507 e. The van der Waals surface area contributed by atoms with Crippen molar-refractivity contribution in [3.05, 3.63) is 59.9 Å². The number of phenolic OH excluding ortho intramolecular Hbond substituents is 1. The molecule has 0 radical (unpaired) electrons. The van der Waals surface area contributed by atoms with Gasteiger partial charge in [0.05, 0.1) is 17.1 Å². The number of halogens is 1. The normalized spacial score (nSPS) is 22.2. The van der Waals surface area contributed by atoms with Crippen molar-refractivity contribution in [3.63, 3.8) is 0 Å². The van der Waals surface area contributed by atoms with Gasteiger partial charge in [0, 0.05) is 63.5 Å². The van der Waals surface area contributed by atoms with E-state index in [1.54, 1.807) is 18.2 Å². The lowest BCUT2D eigenvalue weighted by Gasteiger charge is -2.36. The Morgan fingerprint density at radius 1 is 0.917 bits per heavy atom. The number of hydrogen-bond donors (Lipinski definition) is 3. The van der Waals surface area contributed by atoms with Crippen LogP contribution in [0.4, 0.5) is 21.6 Å². The number of aromatic hydroxyl groups is 1. The molecule has 8 nitrogen and oxygen atoms in total. The van der Waals surface area contributed by atoms with Crippen molar-refractivity contribution in [2.45, 2.75) is 31.5 Å². The van der Waals surface area contributed by atoms with E-state index in [1.165, 1.54) is 12.8 Å². The molecule has 3 saturated heterocycles. The maximum atomic E-state index is 15.1. The van der Waals surface area contributed by atoms with Crippen LogP contribution >= 0.6 is 0 Å². The van der Waals surface area contributed by atoms with Crippen molar-refractivity contribution < 1.29 is 9.50 Å². The van der Waals surface area contributed by atoms with Crippen molar-refractivity contribution >= 4 is 17.2 Å². The quantitative estimate of drug-likeness (QED) is 0.504. The average molecular weight is 490 g/mol. The molecule has 6 rings (SSSR count). The summed E-state index contributed by atoms with van der Waals surface area (Å²) in [5.74, 6) is 0.413. The number of hydrogen-bond acceptors (Lipinski definition) is 8. The number of phenols is 1. The molecule has 0 amide bonds. The number of benzene rings is 2. The number of nitrogens with zero attached hydrogens (tertiary/aromatic N) is 5. The Kier molecular flexibility index (Phi) is 6.10. The van der Waals surface area contributed by atoms with Crippen LogP contribution in [-0.2, 0) is 6.54 Å². The van der Waals surface area contributed by atoms with E-state index in [0.29, 0.717) is 35.7 Å². The zero-order valence-electron chi connectivity index (χ0n) is 20.3. The minimum atomic E-state index is -0.125. The number of nitrogen functional groups attached to an aromatic ring is 1. The zero-order chi connectivity index (χ0) is 24.6. The third kappa shape index (κ3) is 4.56. The molecule has 3 aliphatic heterocycles. The Morgan fingerprint density at radius 3 is 2.39 bits per heavy atom. The highest BCUT2D eigenvalue weighted by Crippen LogP contribution is 2.32. The van der Waals surface area contributed by atoms with Crippen LogP contribution in [0.3, 0.4) is 0 Å². The standard InChI is InChI=1S/C27H32FN7O/c28-22-13-18(5-8-24(22)35-16-19-6-7-20(17-35)30-19)15-33-9-11-34(12-10-33)25-14-23(31-32-27(25)29)21-3-1-2-4-26(21)36/h1-5,8,13-14,19-20,30,36H,6-7,9-12,15-17H2,(H2,29,32). The molecule has 2 atom stereocenters. The van der Waals surface area contributed by atoms with Gasteiger partial charge >= 0.3 is 0 Å². The minimum absolute atomic E-state index is 0.125. The fourth-order valence-corrected chi connectivity index (χ4v) is 5.77. The molecule has 3 fully saturated rings. The van der Waals surface area contributed by atoms with Crippen LogP contribution in [0.15, 0.2) is 48.5 Å². The molecule has 2 aromatic carbocycles. The van der Waals surface area contributed by atoms with Gasteiger partial charge in [-0.1, -0.05) is 18.2 Å². The Labute approximate surface area is 210 Å². The molecule has 3 aromatic rings. The fraction of sp³-hybridized carbons (Fsp3) is 0.407. The van der Waals surface area contributed by atoms with Crippen LogP contribution in [0.1, 0.15) is 18.4 Å². The molecule has 2 bridgehead atoms. The van der Waals surface area contributed by atoms with Crippen molar-refractivity contribution in [1.82, 2.24) is 20.4 Å². The maximum Gasteiger partial charge on any atom is 0.169 e. The number of rotatable bonds is 5. The van der Waals surface area contributed by atoms with Gasteiger partial charge in [-0.25, -0.2) is 4.39 Å². The molecular formula is C27H32FN7O. The summed E-state index contributed by atoms with van der Waals surface area (Å²) in [6.45, 7) is 5.70. The molecule has 3 aliphatic rings. The number of aromatic nitrogens is 2. The maximum absolute atomic E-state index is 15.1. The van der Waals surface area contributed by atoms with Crippen molar-refractivity contribution in [2.24, 2.45) is 0 Å². The van der Waals surface area contributed by atoms with Crippen LogP contribution in [0, 0.1) is 5.82 Å². The lowest BCUT2D eigenvalue weighted by Crippen LogP contribution is -2.51. The van der Waals surface area contributed by atoms with Gasteiger partial charge in [-0.3, -0.25) is 4.90 Å². The minimum Gasteiger partial charge on any atom is -0.507 e. The van der Waals surface area contributed by atoms with Crippen molar-refractivity contribution in [1.29, 1.82) is 0 Å². The van der Waals surface area contributed by atoms with Gasteiger partial charge in [0.15, 0.2) is 5.82 Å². The Hall–Kier alpha value is -3.43. The van der Waals surface area contributed by atoms with Crippen molar-refractivity contribution in [2.75, 3.05) is 54.8 Å². The topological polar surface area (TPSA) is 93.8 Å². The molecule has 9 heteroatoms. The Bertz CT molecular complexity index is 1230. The lowest BCUT2D eigenvalue weighted by molar-refractivity contribution is 0.249. The fourth-order valence-electron chi connectivity index (χ4n) is 5.77. The summed E-state index contributed by atoms with van der Waals surface area (Å²) in [5.41, 5.74) is 9.93. The monoisotopic (exact) mass is 489 g/mol. The number of piperazine rings is 2. The van der Waals surface area contributed by atoms with Crippen LogP contribution in [0.5, 0.6) is 5.75 Å². The SMILES string of the molecule is Nc1nnc(-c2ccccc2O)cc1N1CCN(Cc2ccc(N3CC4CCC(C3)N4)c(F)c2)CC1. The highest BCUT2D eigenvalue weighted by Gasteiger charge is 2.33. The third-order valence-corrected chi connectivity index (χ3v) is 7.67. The second-order valence-electron chi connectivity index (χ2n) is 10.1. The van der Waals surface area contributed by atoms with E-state index < -0.39 is 0 Å². The first-order chi connectivity index (χ1) is 17.5. The van der Waals surface area contributed by atoms with Crippen molar-refractivity contribution in [3.8, 4) is 17.0 Å². The van der Waals surface area contributed by atoms with E-state index in [4.69, 9.17) is 5.73 Å². The van der Waals surface area contributed by atoms with Gasteiger partial charge in [0.25, 0.3) is 0 Å². The number of fused-ring (bicyclic) bond motifs is 2. The van der Waals surface area contributed by atoms with Gasteiger partial charge in [-0.15, -0.1) is 10.2 Å². The van der Waals surface area contributed by atoms with Crippen LogP contribution in [0.2, 0.25) is 0 Å². The third-order valence-electron chi connectivity index (χ3n) is 7.67. The molecule has 1 aromatic heterocycles. The summed E-state index contributed by atoms with van der Waals surface area (Å²) in [5, 5.41) is 22.1. The van der Waals surface area contributed by atoms with E-state index >= 15 is 4.39 Å². The molecule has 188 valence electrons. The number of anilines is 3. The second-order valence-corrected chi connectivity index (χ2v) is 10.1. The van der Waals surface area contributed by atoms with Crippen LogP contribution in [0.25, 0.3) is 11.3 Å². The van der Waals surface area contributed by atoms with Gasteiger partial charge in [-0.2, -0.15) is 0 Å². The highest BCUT2D eigenvalue weighted by molar-refractivity contribution is 5.74. The summed E-state index contributed by atoms with van der Waals surface area (Å²) in [6.07, 6.45) is 2.37. The van der Waals surface area contributed by atoms with E-state index in [9.17, 15) is 5.11 Å². The first kappa shape index (κ1) is 23.0. The molecule has 2 unspecified atom stereocenters. The molecular weight excluding hydrogens is 457 g/mol. The number of nitrogens with two attached hydrogens (primary N) is 1. The van der Waals surface area contributed by atoms with Crippen LogP contribution in [-0.4, -0.2) is 71.6 Å². The highest BCUT2D eigenvalue weighted by atomic mass is 19.1. The summed E-state index contributed by atoms with van der Waals surface area (Å²) >= 11 is 0. The van der Waals surface area contributed by atoms with Crippen LogP contribution < -0.4 is 20.9 Å². The molecule has 0 spiro atoms. The molecule has 4 N–H and O–H groups in total. The Balaban J connectivity index is 1.09. The predicted octanol–water partition coefficient (Wildman–Crippen LogP) is 2.83. The predicted molar refractivity (Wildman–Crippen MR) is 140 cm³/mol. The van der Waals surface area contributed by atoms with E-state index in [2.05, 4.69) is 36.3 Å². The van der Waals surface area contributed by atoms with E-state index in [-0.39, 0.29) is 11.6 Å². The number of nitrogens with one attached hydrogen (secondary N) is 1. The molecule has 36 heavy (non-hydrogen) atoms. The summed E-state index contributed by atoms with van der Waals surface area (Å²) < 4.78 is 15.1. The summed E-state index contributed by atoms with van der Waals surface area (Å²) in [6, 6.07) is 15.7. The van der Waals surface area contributed by atoms with Gasteiger partial charge < -0.3 is 26.0 Å². The molecule has 4 heterocycles. The van der Waals surface area contributed by atoms with E-state index in [0.717, 1.165) is 56.2 Å². The lowest BCUT2D eigenvalue weighted by atomic mass is 10.1. The first-order valence-corrected chi connectivity index (χ1v) is 12.7.